The van der Waals surface area contributed by atoms with Crippen LogP contribution in [0.25, 0.3) is 6.08 Å². The summed E-state index contributed by atoms with van der Waals surface area (Å²) < 4.78 is 27.0. The van der Waals surface area contributed by atoms with Gasteiger partial charge in [0.15, 0.2) is 0 Å². The Bertz CT molecular complexity index is 785. The fourth-order valence-electron chi connectivity index (χ4n) is 2.66. The molecule has 0 amide bonds. The number of hydrogen-bond acceptors (Lipinski definition) is 3. The van der Waals surface area contributed by atoms with Gasteiger partial charge < -0.3 is 5.11 Å². The maximum atomic E-state index is 12.2. The molecule has 0 radical (unpaired) electrons. The molecule has 0 bridgehead atoms. The third-order valence-corrected chi connectivity index (χ3v) is 4.81. The van der Waals surface area contributed by atoms with Gasteiger partial charge in [0.05, 0.1) is 12.1 Å². The molecule has 0 aliphatic heterocycles. The minimum atomic E-state index is -3.63. The summed E-state index contributed by atoms with van der Waals surface area (Å²) in [6, 6.07) is 16.1. The van der Waals surface area contributed by atoms with E-state index in [-0.39, 0.29) is 0 Å². The number of sulfonamides is 1. The van der Waals surface area contributed by atoms with Crippen LogP contribution in [0, 0.1) is 0 Å². The van der Waals surface area contributed by atoms with Crippen LogP contribution < -0.4 is 4.72 Å². The van der Waals surface area contributed by atoms with E-state index in [1.807, 2.05) is 54.6 Å². The number of rotatable bonds is 4. The van der Waals surface area contributed by atoms with Crippen molar-refractivity contribution in [2.75, 3.05) is 0 Å². The number of benzene rings is 2. The zero-order valence-corrected chi connectivity index (χ0v) is 12.7. The third kappa shape index (κ3) is 3.27. The van der Waals surface area contributed by atoms with E-state index in [2.05, 4.69) is 4.72 Å². The molecule has 4 nitrogen and oxygen atoms in total. The zero-order chi connectivity index (χ0) is 15.6. The third-order valence-electron chi connectivity index (χ3n) is 3.73. The molecular weight excluding hydrogens is 298 g/mol. The van der Waals surface area contributed by atoms with E-state index < -0.39 is 22.2 Å². The first kappa shape index (κ1) is 15.0. The van der Waals surface area contributed by atoms with Gasteiger partial charge in [-0.25, -0.2) is 13.1 Å². The molecule has 0 spiro atoms. The molecule has 5 heteroatoms. The van der Waals surface area contributed by atoms with Gasteiger partial charge in [0.2, 0.25) is 10.0 Å². The summed E-state index contributed by atoms with van der Waals surface area (Å²) in [5, 5.41) is 11.2. The molecule has 0 saturated heterocycles. The molecule has 2 aromatic rings. The smallest absolute Gasteiger partial charge is 0.234 e. The van der Waals surface area contributed by atoms with Gasteiger partial charge in [0, 0.05) is 11.8 Å². The molecule has 3 rings (SSSR count). The van der Waals surface area contributed by atoms with Gasteiger partial charge in [-0.2, -0.15) is 0 Å². The standard InChI is InChI=1S/C17H17NO3S/c19-16-12-14-8-4-5-9-15(14)17(16)18-22(20,21)11-10-13-6-2-1-3-7-13/h1-11,16-19H,12H2/b11-10+. The SMILES string of the molecule is O=S(=O)(/C=C/c1ccccc1)NC1c2ccccc2CC1O. The van der Waals surface area contributed by atoms with Crippen LogP contribution in [0.4, 0.5) is 0 Å². The molecule has 22 heavy (non-hydrogen) atoms. The maximum absolute atomic E-state index is 12.2. The monoisotopic (exact) mass is 315 g/mol. The van der Waals surface area contributed by atoms with Crippen molar-refractivity contribution in [3.05, 3.63) is 76.7 Å². The van der Waals surface area contributed by atoms with Crippen LogP contribution in [-0.2, 0) is 16.4 Å². The quantitative estimate of drug-likeness (QED) is 0.909. The summed E-state index contributed by atoms with van der Waals surface area (Å²) in [4.78, 5) is 0. The Balaban J connectivity index is 1.79. The summed E-state index contributed by atoms with van der Waals surface area (Å²) in [5.74, 6) is 0. The fourth-order valence-corrected chi connectivity index (χ4v) is 3.72. The molecule has 0 fully saturated rings. The van der Waals surface area contributed by atoms with Crippen molar-refractivity contribution in [2.45, 2.75) is 18.6 Å². The highest BCUT2D eigenvalue weighted by atomic mass is 32.2. The first-order valence-corrected chi connectivity index (χ1v) is 8.61. The van der Waals surface area contributed by atoms with Crippen molar-refractivity contribution in [3.8, 4) is 0 Å². The largest absolute Gasteiger partial charge is 0.391 e. The van der Waals surface area contributed by atoms with Crippen LogP contribution >= 0.6 is 0 Å². The van der Waals surface area contributed by atoms with Crippen molar-refractivity contribution in [2.24, 2.45) is 0 Å². The number of aliphatic hydroxyl groups is 1. The second-order valence-corrected chi connectivity index (χ2v) is 6.92. The highest BCUT2D eigenvalue weighted by Gasteiger charge is 2.32. The Labute approximate surface area is 130 Å². The van der Waals surface area contributed by atoms with Crippen LogP contribution in [0.5, 0.6) is 0 Å². The molecule has 2 unspecified atom stereocenters. The topological polar surface area (TPSA) is 66.4 Å². The minimum absolute atomic E-state index is 0.464. The van der Waals surface area contributed by atoms with Gasteiger partial charge in [0.1, 0.15) is 0 Å². The Hall–Kier alpha value is -1.95. The zero-order valence-electron chi connectivity index (χ0n) is 11.9. The summed E-state index contributed by atoms with van der Waals surface area (Å²) in [6.07, 6.45) is 1.26. The average molecular weight is 315 g/mol. The number of aliphatic hydroxyl groups excluding tert-OH is 1. The lowest BCUT2D eigenvalue weighted by molar-refractivity contribution is 0.152. The molecule has 1 aliphatic rings. The van der Waals surface area contributed by atoms with E-state index in [9.17, 15) is 13.5 Å². The summed E-state index contributed by atoms with van der Waals surface area (Å²) >= 11 is 0. The second kappa shape index (κ2) is 6.04. The van der Waals surface area contributed by atoms with Crippen LogP contribution in [-0.4, -0.2) is 19.6 Å². The second-order valence-electron chi connectivity index (χ2n) is 5.32. The van der Waals surface area contributed by atoms with Crippen molar-refractivity contribution >= 4 is 16.1 Å². The van der Waals surface area contributed by atoms with Crippen molar-refractivity contribution in [1.29, 1.82) is 0 Å². The average Bonchev–Trinajstić information content (AvgIpc) is 2.82. The predicted molar refractivity (Wildman–Crippen MR) is 86.4 cm³/mol. The van der Waals surface area contributed by atoms with Gasteiger partial charge in [-0.1, -0.05) is 54.6 Å². The van der Waals surface area contributed by atoms with E-state index in [1.165, 1.54) is 6.08 Å². The Morgan fingerprint density at radius 3 is 2.50 bits per heavy atom. The molecule has 2 aromatic carbocycles. The van der Waals surface area contributed by atoms with Gasteiger partial charge in [-0.05, 0) is 22.8 Å². The number of fused-ring (bicyclic) bond motifs is 1. The maximum Gasteiger partial charge on any atom is 0.234 e. The van der Waals surface area contributed by atoms with E-state index in [0.717, 1.165) is 22.1 Å². The van der Waals surface area contributed by atoms with Gasteiger partial charge in [0.25, 0.3) is 0 Å². The lowest BCUT2D eigenvalue weighted by atomic mass is 10.1. The fraction of sp³-hybridized carbons (Fsp3) is 0.176. The molecule has 1 aliphatic carbocycles. The summed E-state index contributed by atoms with van der Waals surface area (Å²) in [7, 11) is -3.63. The van der Waals surface area contributed by atoms with Crippen molar-refractivity contribution < 1.29 is 13.5 Å². The number of nitrogens with one attached hydrogen (secondary N) is 1. The molecule has 0 saturated carbocycles. The first-order chi connectivity index (χ1) is 10.6. The van der Waals surface area contributed by atoms with Crippen molar-refractivity contribution in [1.82, 2.24) is 4.72 Å². The molecule has 0 heterocycles. The van der Waals surface area contributed by atoms with Crippen LogP contribution in [0.1, 0.15) is 22.7 Å². The first-order valence-electron chi connectivity index (χ1n) is 7.06. The van der Waals surface area contributed by atoms with Crippen LogP contribution in [0.2, 0.25) is 0 Å². The summed E-state index contributed by atoms with van der Waals surface area (Å²) in [6.45, 7) is 0. The van der Waals surface area contributed by atoms with Crippen LogP contribution in [0.15, 0.2) is 60.0 Å². The van der Waals surface area contributed by atoms with E-state index in [4.69, 9.17) is 0 Å². The highest BCUT2D eigenvalue weighted by molar-refractivity contribution is 7.92. The lowest BCUT2D eigenvalue weighted by Crippen LogP contribution is -2.32. The highest BCUT2D eigenvalue weighted by Crippen LogP contribution is 2.31. The van der Waals surface area contributed by atoms with Crippen molar-refractivity contribution in [3.63, 3.8) is 0 Å². The van der Waals surface area contributed by atoms with E-state index in [0.29, 0.717) is 6.42 Å². The van der Waals surface area contributed by atoms with Gasteiger partial charge in [-0.15, -0.1) is 0 Å². The van der Waals surface area contributed by atoms with E-state index >= 15 is 0 Å². The normalized spacial score (nSPS) is 21.1. The van der Waals surface area contributed by atoms with Gasteiger partial charge >= 0.3 is 0 Å². The summed E-state index contributed by atoms with van der Waals surface area (Å²) in [5.41, 5.74) is 2.63. The molecule has 0 aromatic heterocycles. The molecular formula is C17H17NO3S. The molecule has 2 N–H and O–H groups in total. The van der Waals surface area contributed by atoms with E-state index in [1.54, 1.807) is 0 Å². The molecule has 2 atom stereocenters. The number of hydrogen-bond donors (Lipinski definition) is 2. The lowest BCUT2D eigenvalue weighted by Gasteiger charge is -2.16. The Kier molecular flexibility index (Phi) is 4.11. The van der Waals surface area contributed by atoms with Crippen LogP contribution in [0.3, 0.4) is 0 Å². The Morgan fingerprint density at radius 2 is 1.73 bits per heavy atom. The van der Waals surface area contributed by atoms with Gasteiger partial charge in [-0.3, -0.25) is 0 Å². The Morgan fingerprint density at radius 1 is 1.05 bits per heavy atom. The predicted octanol–water partition coefficient (Wildman–Crippen LogP) is 2.24. The molecule has 114 valence electrons. The minimum Gasteiger partial charge on any atom is -0.391 e.